The highest BCUT2D eigenvalue weighted by Gasteiger charge is 2.12. The topological polar surface area (TPSA) is 27.1 Å². The summed E-state index contributed by atoms with van der Waals surface area (Å²) in [5, 5.41) is 4.51. The number of rotatable bonds is 5. The maximum atomic E-state index is 5.24. The first kappa shape index (κ1) is 14.5. The lowest BCUT2D eigenvalue weighted by molar-refractivity contribution is 0.413. The van der Waals surface area contributed by atoms with E-state index in [4.69, 9.17) is 4.74 Å². The van der Waals surface area contributed by atoms with Gasteiger partial charge in [-0.25, -0.2) is 0 Å². The van der Waals surface area contributed by atoms with Gasteiger partial charge in [0.25, 0.3) is 0 Å². The summed E-state index contributed by atoms with van der Waals surface area (Å²) in [6.07, 6.45) is 0.943. The molecule has 0 aliphatic rings. The third-order valence-corrected chi connectivity index (χ3v) is 4.84. The standard InChI is InChI=1S/C14H17BrN2OS/c1-4-12-14(15)13(17(2)16-12)9-19-11-7-5-6-10(8-11)18-3/h5-8H,4,9H2,1-3H3. The maximum Gasteiger partial charge on any atom is 0.119 e. The average molecular weight is 341 g/mol. The number of benzene rings is 1. The first-order chi connectivity index (χ1) is 9.15. The molecule has 3 nitrogen and oxygen atoms in total. The van der Waals surface area contributed by atoms with E-state index in [2.05, 4.69) is 40.1 Å². The number of hydrogen-bond donors (Lipinski definition) is 0. The molecule has 102 valence electrons. The SMILES string of the molecule is CCc1nn(C)c(CSc2cccc(OC)c2)c1Br. The molecule has 2 aromatic rings. The Morgan fingerprint density at radius 1 is 1.42 bits per heavy atom. The quantitative estimate of drug-likeness (QED) is 0.768. The van der Waals surface area contributed by atoms with Crippen LogP contribution in [0, 0.1) is 0 Å². The largest absolute Gasteiger partial charge is 0.497 e. The van der Waals surface area contributed by atoms with Gasteiger partial charge >= 0.3 is 0 Å². The summed E-state index contributed by atoms with van der Waals surface area (Å²) >= 11 is 5.43. The van der Waals surface area contributed by atoms with Crippen molar-refractivity contribution in [3.8, 4) is 5.75 Å². The minimum atomic E-state index is 0.886. The second-order valence-electron chi connectivity index (χ2n) is 4.15. The molecule has 0 fully saturated rings. The van der Waals surface area contributed by atoms with Gasteiger partial charge in [0.2, 0.25) is 0 Å². The van der Waals surface area contributed by atoms with Gasteiger partial charge in [-0.05, 0) is 40.5 Å². The molecule has 1 aromatic heterocycles. The van der Waals surface area contributed by atoms with Crippen LogP contribution in [0.2, 0.25) is 0 Å². The van der Waals surface area contributed by atoms with Gasteiger partial charge in [0.05, 0.1) is 23.0 Å². The molecule has 0 saturated carbocycles. The van der Waals surface area contributed by atoms with Gasteiger partial charge in [0, 0.05) is 17.7 Å². The third-order valence-electron chi connectivity index (χ3n) is 2.92. The van der Waals surface area contributed by atoms with Crippen molar-refractivity contribution in [1.29, 1.82) is 0 Å². The highest BCUT2D eigenvalue weighted by Crippen LogP contribution is 2.30. The zero-order valence-electron chi connectivity index (χ0n) is 11.3. The van der Waals surface area contributed by atoms with Crippen LogP contribution in [0.1, 0.15) is 18.3 Å². The van der Waals surface area contributed by atoms with E-state index in [1.807, 2.05) is 23.9 Å². The van der Waals surface area contributed by atoms with Crippen molar-refractivity contribution in [2.75, 3.05) is 7.11 Å². The molecule has 0 radical (unpaired) electrons. The van der Waals surface area contributed by atoms with E-state index in [1.165, 1.54) is 10.6 Å². The number of methoxy groups -OCH3 is 1. The predicted octanol–water partition coefficient (Wildman–Crippen LogP) is 4.05. The molecule has 0 aliphatic heterocycles. The van der Waals surface area contributed by atoms with E-state index in [0.717, 1.165) is 28.1 Å². The van der Waals surface area contributed by atoms with Crippen molar-refractivity contribution in [1.82, 2.24) is 9.78 Å². The van der Waals surface area contributed by atoms with Crippen molar-refractivity contribution in [2.24, 2.45) is 7.05 Å². The molecule has 2 rings (SSSR count). The van der Waals surface area contributed by atoms with Crippen molar-refractivity contribution < 1.29 is 4.74 Å². The van der Waals surface area contributed by atoms with Crippen LogP contribution in [0.3, 0.4) is 0 Å². The zero-order valence-corrected chi connectivity index (χ0v) is 13.7. The molecular formula is C14H17BrN2OS. The fourth-order valence-electron chi connectivity index (χ4n) is 1.82. The number of thioether (sulfide) groups is 1. The second-order valence-corrected chi connectivity index (χ2v) is 5.99. The fourth-order valence-corrected chi connectivity index (χ4v) is 3.77. The Hall–Kier alpha value is -0.940. The van der Waals surface area contributed by atoms with Crippen LogP contribution in [-0.4, -0.2) is 16.9 Å². The first-order valence-electron chi connectivity index (χ1n) is 6.12. The smallest absolute Gasteiger partial charge is 0.119 e. The Balaban J connectivity index is 2.12. The Morgan fingerprint density at radius 3 is 2.84 bits per heavy atom. The minimum absolute atomic E-state index is 0.886. The van der Waals surface area contributed by atoms with Crippen molar-refractivity contribution in [2.45, 2.75) is 24.0 Å². The highest BCUT2D eigenvalue weighted by molar-refractivity contribution is 9.10. The number of ether oxygens (including phenoxy) is 1. The number of halogens is 1. The number of aromatic nitrogens is 2. The number of hydrogen-bond acceptors (Lipinski definition) is 3. The van der Waals surface area contributed by atoms with Gasteiger partial charge in [-0.3, -0.25) is 4.68 Å². The number of aryl methyl sites for hydroxylation is 2. The van der Waals surface area contributed by atoms with Crippen LogP contribution in [0.15, 0.2) is 33.6 Å². The lowest BCUT2D eigenvalue weighted by Crippen LogP contribution is -1.96. The first-order valence-corrected chi connectivity index (χ1v) is 7.90. The maximum absolute atomic E-state index is 5.24. The van der Waals surface area contributed by atoms with Crippen molar-refractivity contribution in [3.63, 3.8) is 0 Å². The summed E-state index contributed by atoms with van der Waals surface area (Å²) < 4.78 is 8.32. The zero-order chi connectivity index (χ0) is 13.8. The van der Waals surface area contributed by atoms with Crippen molar-refractivity contribution in [3.05, 3.63) is 40.1 Å². The fraction of sp³-hybridized carbons (Fsp3) is 0.357. The summed E-state index contributed by atoms with van der Waals surface area (Å²) in [6.45, 7) is 2.12. The van der Waals surface area contributed by atoms with Gasteiger partial charge in [0.1, 0.15) is 5.75 Å². The van der Waals surface area contributed by atoms with Crippen LogP contribution in [-0.2, 0) is 19.2 Å². The van der Waals surface area contributed by atoms with Crippen LogP contribution in [0.5, 0.6) is 5.75 Å². The third kappa shape index (κ3) is 3.34. The lowest BCUT2D eigenvalue weighted by atomic mass is 10.3. The van der Waals surface area contributed by atoms with Gasteiger partial charge < -0.3 is 4.74 Å². The van der Waals surface area contributed by atoms with Gasteiger partial charge in [-0.2, -0.15) is 5.10 Å². The molecule has 0 N–H and O–H groups in total. The molecule has 0 amide bonds. The van der Waals surface area contributed by atoms with Crippen molar-refractivity contribution >= 4 is 27.7 Å². The van der Waals surface area contributed by atoms with E-state index in [0.29, 0.717) is 0 Å². The van der Waals surface area contributed by atoms with Crippen LogP contribution < -0.4 is 4.74 Å². The molecule has 0 saturated heterocycles. The average Bonchev–Trinajstić information content (AvgIpc) is 2.71. The molecule has 0 unspecified atom stereocenters. The van der Waals surface area contributed by atoms with E-state index < -0.39 is 0 Å². The molecule has 1 aromatic carbocycles. The van der Waals surface area contributed by atoms with E-state index in [-0.39, 0.29) is 0 Å². The minimum Gasteiger partial charge on any atom is -0.497 e. The Morgan fingerprint density at radius 2 is 2.21 bits per heavy atom. The molecule has 0 bridgehead atoms. The molecule has 0 atom stereocenters. The van der Waals surface area contributed by atoms with Gasteiger partial charge in [-0.1, -0.05) is 13.0 Å². The Kier molecular flexibility index (Phi) is 4.93. The van der Waals surface area contributed by atoms with E-state index in [9.17, 15) is 0 Å². The molecular weight excluding hydrogens is 324 g/mol. The molecule has 5 heteroatoms. The van der Waals surface area contributed by atoms with Crippen LogP contribution in [0.4, 0.5) is 0 Å². The summed E-state index contributed by atoms with van der Waals surface area (Å²) in [4.78, 5) is 1.20. The molecule has 0 aliphatic carbocycles. The van der Waals surface area contributed by atoms with Crippen LogP contribution in [0.25, 0.3) is 0 Å². The summed E-state index contributed by atoms with van der Waals surface area (Å²) in [6, 6.07) is 8.12. The van der Waals surface area contributed by atoms with E-state index >= 15 is 0 Å². The number of nitrogens with zero attached hydrogens (tertiary/aromatic N) is 2. The monoisotopic (exact) mass is 340 g/mol. The Bertz CT molecular complexity index is 569. The lowest BCUT2D eigenvalue weighted by Gasteiger charge is -2.05. The summed E-state index contributed by atoms with van der Waals surface area (Å²) in [7, 11) is 3.68. The Labute approximate surface area is 126 Å². The van der Waals surface area contributed by atoms with Crippen LogP contribution >= 0.6 is 27.7 Å². The highest BCUT2D eigenvalue weighted by atomic mass is 79.9. The predicted molar refractivity (Wildman–Crippen MR) is 82.8 cm³/mol. The normalized spacial score (nSPS) is 10.7. The molecule has 19 heavy (non-hydrogen) atoms. The molecule has 0 spiro atoms. The van der Waals surface area contributed by atoms with Gasteiger partial charge in [0.15, 0.2) is 0 Å². The van der Waals surface area contributed by atoms with Gasteiger partial charge in [-0.15, -0.1) is 11.8 Å². The molecule has 1 heterocycles. The van der Waals surface area contributed by atoms with E-state index in [1.54, 1.807) is 18.9 Å². The summed E-state index contributed by atoms with van der Waals surface area (Å²) in [5.74, 6) is 1.78. The summed E-state index contributed by atoms with van der Waals surface area (Å²) in [5.41, 5.74) is 2.33. The second kappa shape index (κ2) is 6.48.